The molecule has 0 saturated carbocycles. The summed E-state index contributed by atoms with van der Waals surface area (Å²) in [6.07, 6.45) is -4.91. The van der Waals surface area contributed by atoms with Crippen molar-refractivity contribution in [1.29, 1.82) is 0 Å². The maximum atomic E-state index is 12.0. The average Bonchev–Trinajstić information content (AvgIpc) is 2.24. The van der Waals surface area contributed by atoms with Crippen LogP contribution in [0.25, 0.3) is 0 Å². The van der Waals surface area contributed by atoms with Gasteiger partial charge in [0.25, 0.3) is 10.0 Å². The van der Waals surface area contributed by atoms with Gasteiger partial charge in [-0.05, 0) is 24.4 Å². The van der Waals surface area contributed by atoms with Crippen LogP contribution in [0.2, 0.25) is 0 Å². The smallest absolute Gasteiger partial charge is 0.406 e. The Morgan fingerprint density at radius 2 is 2.00 bits per heavy atom. The Balaban J connectivity index is 2.95. The topological polar surface area (TPSA) is 93.5 Å². The molecule has 0 aliphatic rings. The summed E-state index contributed by atoms with van der Waals surface area (Å²) in [4.78, 5) is 1.34. The van der Waals surface area contributed by atoms with Crippen LogP contribution in [0.15, 0.2) is 29.2 Å². The normalized spacial score (nSPS) is 11.9. The van der Waals surface area contributed by atoms with Gasteiger partial charge in [-0.2, -0.15) is 0 Å². The highest BCUT2D eigenvalue weighted by atomic mass is 32.2. The fourth-order valence-corrected chi connectivity index (χ4v) is 2.02. The molecule has 0 aliphatic carbocycles. The Morgan fingerprint density at radius 3 is 2.53 bits per heavy atom. The number of nitrogens with one attached hydrogen (secondary N) is 2. The molecule has 0 fully saturated rings. The minimum atomic E-state index is -4.91. The number of thiocarbonyl (C=S) groups is 1. The second-order valence-corrected chi connectivity index (χ2v) is 5.24. The first-order chi connectivity index (χ1) is 8.60. The number of halogens is 3. The summed E-state index contributed by atoms with van der Waals surface area (Å²) in [6, 6.07) is 3.84. The Bertz CT molecular complexity index is 574. The number of rotatable bonds is 4. The molecule has 19 heavy (non-hydrogen) atoms. The van der Waals surface area contributed by atoms with Gasteiger partial charge in [0.15, 0.2) is 5.11 Å². The van der Waals surface area contributed by atoms with Crippen LogP contribution in [-0.2, 0) is 10.0 Å². The van der Waals surface area contributed by atoms with E-state index in [1.807, 2.05) is 5.43 Å². The zero-order chi connectivity index (χ0) is 14.7. The summed E-state index contributed by atoms with van der Waals surface area (Å²) in [5.74, 6) is -0.661. The van der Waals surface area contributed by atoms with E-state index in [2.05, 4.69) is 17.0 Å². The van der Waals surface area contributed by atoms with Crippen molar-refractivity contribution in [3.63, 3.8) is 0 Å². The van der Waals surface area contributed by atoms with Gasteiger partial charge in [0.05, 0.1) is 4.90 Å². The van der Waals surface area contributed by atoms with Crippen LogP contribution >= 0.6 is 12.2 Å². The Labute approximate surface area is 111 Å². The molecule has 0 spiro atoms. The van der Waals surface area contributed by atoms with E-state index in [1.165, 1.54) is 0 Å². The van der Waals surface area contributed by atoms with Crippen LogP contribution in [0.4, 0.5) is 13.2 Å². The zero-order valence-corrected chi connectivity index (χ0v) is 10.7. The molecule has 0 radical (unpaired) electrons. The molecule has 0 atom stereocenters. The van der Waals surface area contributed by atoms with Gasteiger partial charge in [0.2, 0.25) is 0 Å². The summed E-state index contributed by atoms with van der Waals surface area (Å²) < 4.78 is 62.8. The van der Waals surface area contributed by atoms with E-state index in [4.69, 9.17) is 5.73 Å². The van der Waals surface area contributed by atoms with Gasteiger partial charge in [-0.1, -0.05) is 6.07 Å². The van der Waals surface area contributed by atoms with Crippen molar-refractivity contribution in [2.75, 3.05) is 0 Å². The highest BCUT2D eigenvalue weighted by Crippen LogP contribution is 2.24. The molecule has 1 aromatic carbocycles. The standard InChI is InChI=1S/C8H8F3N3O3S2/c9-8(10,11)17-5-2-1-3-6(4-5)19(15,16)14-13-7(12)18/h1-4,14H,(H3,12,13,18). The number of nitrogens with two attached hydrogens (primary N) is 1. The van der Waals surface area contributed by atoms with Crippen molar-refractivity contribution < 1.29 is 26.3 Å². The van der Waals surface area contributed by atoms with E-state index in [1.54, 1.807) is 4.83 Å². The van der Waals surface area contributed by atoms with Crippen LogP contribution in [0.5, 0.6) is 5.75 Å². The first-order valence-corrected chi connectivity index (χ1v) is 6.42. The largest absolute Gasteiger partial charge is 0.573 e. The van der Waals surface area contributed by atoms with Gasteiger partial charge < -0.3 is 10.5 Å². The van der Waals surface area contributed by atoms with Crippen molar-refractivity contribution >= 4 is 27.4 Å². The molecule has 0 heterocycles. The average molecular weight is 315 g/mol. The van der Waals surface area contributed by atoms with Crippen molar-refractivity contribution in [1.82, 2.24) is 10.3 Å². The van der Waals surface area contributed by atoms with Crippen molar-refractivity contribution in [2.45, 2.75) is 11.3 Å². The minimum absolute atomic E-state index is 0.341. The fraction of sp³-hybridized carbons (Fsp3) is 0.125. The van der Waals surface area contributed by atoms with Crippen LogP contribution in [0, 0.1) is 0 Å². The summed E-state index contributed by atoms with van der Waals surface area (Å²) in [6.45, 7) is 0. The number of hydrogen-bond donors (Lipinski definition) is 3. The van der Waals surface area contributed by atoms with Gasteiger partial charge in [-0.25, -0.2) is 8.42 Å². The lowest BCUT2D eigenvalue weighted by Gasteiger charge is -2.11. The zero-order valence-electron chi connectivity index (χ0n) is 9.06. The highest BCUT2D eigenvalue weighted by molar-refractivity contribution is 7.89. The van der Waals surface area contributed by atoms with Crippen molar-refractivity contribution in [3.05, 3.63) is 24.3 Å². The number of hydrazine groups is 1. The maximum Gasteiger partial charge on any atom is 0.573 e. The molecule has 0 aromatic heterocycles. The number of alkyl halides is 3. The van der Waals surface area contributed by atoms with Crippen LogP contribution in [0.3, 0.4) is 0 Å². The van der Waals surface area contributed by atoms with E-state index in [0.29, 0.717) is 6.07 Å². The first-order valence-electron chi connectivity index (χ1n) is 4.53. The molecule has 0 bridgehead atoms. The molecule has 0 saturated heterocycles. The van der Waals surface area contributed by atoms with Gasteiger partial charge in [-0.3, -0.25) is 5.43 Å². The summed E-state index contributed by atoms with van der Waals surface area (Å²) >= 11 is 4.38. The van der Waals surface area contributed by atoms with Gasteiger partial charge in [-0.15, -0.1) is 18.0 Å². The number of sulfonamides is 1. The molecule has 106 valence electrons. The van der Waals surface area contributed by atoms with E-state index in [0.717, 1.165) is 18.2 Å². The second kappa shape index (κ2) is 5.59. The quantitative estimate of drug-likeness (QED) is 0.557. The third-order valence-electron chi connectivity index (χ3n) is 1.66. The molecular weight excluding hydrogens is 307 g/mol. The van der Waals surface area contributed by atoms with Crippen LogP contribution in [0.1, 0.15) is 0 Å². The monoisotopic (exact) mass is 315 g/mol. The molecule has 11 heteroatoms. The molecule has 4 N–H and O–H groups in total. The number of benzene rings is 1. The Hall–Kier alpha value is -1.59. The van der Waals surface area contributed by atoms with Gasteiger partial charge >= 0.3 is 6.36 Å². The predicted molar refractivity (Wildman–Crippen MR) is 63.4 cm³/mol. The van der Waals surface area contributed by atoms with Gasteiger partial charge in [0, 0.05) is 6.07 Å². The van der Waals surface area contributed by atoms with Crippen molar-refractivity contribution in [2.24, 2.45) is 5.73 Å². The van der Waals surface area contributed by atoms with E-state index >= 15 is 0 Å². The predicted octanol–water partition coefficient (Wildman–Crippen LogP) is 0.612. The molecular formula is C8H8F3N3O3S2. The molecule has 0 aliphatic heterocycles. The van der Waals surface area contributed by atoms with E-state index in [9.17, 15) is 21.6 Å². The minimum Gasteiger partial charge on any atom is -0.406 e. The molecule has 0 unspecified atom stereocenters. The van der Waals surface area contributed by atoms with E-state index < -0.39 is 27.0 Å². The molecule has 1 aromatic rings. The molecule has 0 amide bonds. The van der Waals surface area contributed by atoms with Gasteiger partial charge in [0.1, 0.15) is 5.75 Å². The molecule has 1 rings (SSSR count). The summed E-state index contributed by atoms with van der Waals surface area (Å²) in [7, 11) is -4.11. The Kier molecular flexibility index (Phi) is 4.55. The third-order valence-corrected chi connectivity index (χ3v) is 3.01. The van der Waals surface area contributed by atoms with E-state index in [-0.39, 0.29) is 5.11 Å². The SMILES string of the molecule is NC(=S)NNS(=O)(=O)c1cccc(OC(F)(F)F)c1. The summed E-state index contributed by atoms with van der Waals surface area (Å²) in [5, 5.41) is -0.341. The lowest BCUT2D eigenvalue weighted by Crippen LogP contribution is -2.44. The van der Waals surface area contributed by atoms with Crippen LogP contribution in [-0.4, -0.2) is 19.9 Å². The summed E-state index contributed by atoms with van der Waals surface area (Å²) in [5.41, 5.74) is 6.97. The van der Waals surface area contributed by atoms with Crippen molar-refractivity contribution in [3.8, 4) is 5.75 Å². The third kappa shape index (κ3) is 5.28. The highest BCUT2D eigenvalue weighted by Gasteiger charge is 2.31. The second-order valence-electron chi connectivity index (χ2n) is 3.12. The lowest BCUT2D eigenvalue weighted by molar-refractivity contribution is -0.274. The maximum absolute atomic E-state index is 12.0. The first kappa shape index (κ1) is 15.5. The number of hydrogen-bond acceptors (Lipinski definition) is 4. The Morgan fingerprint density at radius 1 is 1.37 bits per heavy atom. The number of ether oxygens (including phenoxy) is 1. The molecule has 6 nitrogen and oxygen atoms in total. The fourth-order valence-electron chi connectivity index (χ4n) is 1.01. The van der Waals surface area contributed by atoms with Crippen LogP contribution < -0.4 is 20.7 Å². The lowest BCUT2D eigenvalue weighted by atomic mass is 10.3.